The fraction of sp³-hybridized carbons (Fsp3) is 0.632. The van der Waals surface area contributed by atoms with Crippen molar-refractivity contribution in [3.63, 3.8) is 0 Å². The van der Waals surface area contributed by atoms with Gasteiger partial charge in [0.05, 0.1) is 11.4 Å². The minimum absolute atomic E-state index is 0.219. The molecule has 0 heterocycles. The molecule has 1 atom stereocenters. The number of nitrogen functional groups attached to an aromatic ring is 1. The highest BCUT2D eigenvalue weighted by Crippen LogP contribution is 2.30. The predicted molar refractivity (Wildman–Crippen MR) is 96.5 cm³/mol. The molecule has 124 valence electrons. The van der Waals surface area contributed by atoms with Crippen LogP contribution in [0.2, 0.25) is 0 Å². The Morgan fingerprint density at radius 3 is 2.05 bits per heavy atom. The fourth-order valence-corrected chi connectivity index (χ4v) is 2.87. The quantitative estimate of drug-likeness (QED) is 0.721. The number of nitrogens with zero attached hydrogens (tertiary/aromatic N) is 1. The van der Waals surface area contributed by atoms with Crippen LogP contribution >= 0.6 is 0 Å². The molecule has 0 unspecified atom stereocenters. The smallest absolute Gasteiger partial charge is 0.130 e. The first-order valence-corrected chi connectivity index (χ1v) is 8.34. The molecule has 3 heteroatoms. The molecule has 1 aromatic carbocycles. The van der Waals surface area contributed by atoms with Crippen LogP contribution < -0.4 is 10.6 Å². The number of hydrogen-bond donors (Lipinski definition) is 1. The van der Waals surface area contributed by atoms with Crippen LogP contribution in [0.5, 0.6) is 0 Å². The van der Waals surface area contributed by atoms with Gasteiger partial charge in [-0.2, -0.15) is 0 Å². The van der Waals surface area contributed by atoms with E-state index in [9.17, 15) is 4.79 Å². The normalized spacial score (nSPS) is 12.7. The summed E-state index contributed by atoms with van der Waals surface area (Å²) in [5.41, 5.74) is 9.39. The van der Waals surface area contributed by atoms with Gasteiger partial charge in [0, 0.05) is 19.5 Å². The number of ketones is 1. The summed E-state index contributed by atoms with van der Waals surface area (Å²) in [7, 11) is 0. The van der Waals surface area contributed by atoms with E-state index in [1.807, 2.05) is 6.07 Å². The Balaban J connectivity index is 3.00. The molecule has 0 amide bonds. The van der Waals surface area contributed by atoms with Gasteiger partial charge in [0.2, 0.25) is 0 Å². The number of anilines is 2. The standard InChI is InChI=1S/C19H32N2O/c1-13(2)11-21(12-14(3)4)19-8-7-17(10-18(19)20)15(5)9-16(6)22/h7-8,10,13-15H,9,11-12,20H2,1-6H3/t15-/m1/s1. The maximum atomic E-state index is 11.3. The highest BCUT2D eigenvalue weighted by molar-refractivity contribution is 5.76. The van der Waals surface area contributed by atoms with E-state index in [0.29, 0.717) is 18.3 Å². The maximum absolute atomic E-state index is 11.3. The van der Waals surface area contributed by atoms with Crippen molar-refractivity contribution >= 4 is 17.2 Å². The van der Waals surface area contributed by atoms with Crippen LogP contribution in [0.4, 0.5) is 11.4 Å². The summed E-state index contributed by atoms with van der Waals surface area (Å²) in [5.74, 6) is 1.62. The molecule has 22 heavy (non-hydrogen) atoms. The van der Waals surface area contributed by atoms with Crippen LogP contribution in [0, 0.1) is 11.8 Å². The van der Waals surface area contributed by atoms with Crippen molar-refractivity contribution in [2.45, 2.75) is 53.9 Å². The van der Waals surface area contributed by atoms with Crippen LogP contribution in [-0.2, 0) is 4.79 Å². The lowest BCUT2D eigenvalue weighted by molar-refractivity contribution is -0.117. The van der Waals surface area contributed by atoms with Crippen molar-refractivity contribution in [2.24, 2.45) is 11.8 Å². The number of hydrogen-bond acceptors (Lipinski definition) is 3. The van der Waals surface area contributed by atoms with Crippen LogP contribution in [0.25, 0.3) is 0 Å². The Hall–Kier alpha value is -1.51. The molecule has 0 saturated carbocycles. The first-order chi connectivity index (χ1) is 10.2. The van der Waals surface area contributed by atoms with Crippen molar-refractivity contribution in [3.8, 4) is 0 Å². The van der Waals surface area contributed by atoms with Crippen molar-refractivity contribution in [1.29, 1.82) is 0 Å². The molecule has 0 aliphatic rings. The first-order valence-electron chi connectivity index (χ1n) is 8.34. The monoisotopic (exact) mass is 304 g/mol. The van der Waals surface area contributed by atoms with Gasteiger partial charge in [-0.15, -0.1) is 0 Å². The third-order valence-electron chi connectivity index (χ3n) is 3.73. The summed E-state index contributed by atoms with van der Waals surface area (Å²) in [5, 5.41) is 0. The lowest BCUT2D eigenvalue weighted by atomic mass is 9.95. The lowest BCUT2D eigenvalue weighted by Crippen LogP contribution is -2.31. The molecular weight excluding hydrogens is 272 g/mol. The number of carbonyl (C=O) groups excluding carboxylic acids is 1. The summed E-state index contributed by atoms with van der Waals surface area (Å²) >= 11 is 0. The van der Waals surface area contributed by atoms with Gasteiger partial charge in [0.15, 0.2) is 0 Å². The van der Waals surface area contributed by atoms with E-state index in [1.165, 1.54) is 0 Å². The Morgan fingerprint density at radius 2 is 1.64 bits per heavy atom. The minimum atomic E-state index is 0.219. The van der Waals surface area contributed by atoms with Crippen molar-refractivity contribution in [1.82, 2.24) is 0 Å². The van der Waals surface area contributed by atoms with E-state index in [-0.39, 0.29) is 11.7 Å². The van der Waals surface area contributed by atoms with Crippen LogP contribution in [0.1, 0.15) is 59.4 Å². The van der Waals surface area contributed by atoms with Crippen molar-refractivity contribution in [2.75, 3.05) is 23.7 Å². The molecular formula is C19H32N2O. The maximum Gasteiger partial charge on any atom is 0.130 e. The summed E-state index contributed by atoms with van der Waals surface area (Å²) in [6.45, 7) is 14.6. The average molecular weight is 304 g/mol. The molecule has 0 aliphatic carbocycles. The average Bonchev–Trinajstić information content (AvgIpc) is 2.35. The summed E-state index contributed by atoms with van der Waals surface area (Å²) in [6, 6.07) is 6.27. The van der Waals surface area contributed by atoms with E-state index in [2.05, 4.69) is 51.7 Å². The molecule has 0 bridgehead atoms. The third-order valence-corrected chi connectivity index (χ3v) is 3.73. The van der Waals surface area contributed by atoms with E-state index < -0.39 is 0 Å². The van der Waals surface area contributed by atoms with E-state index in [0.717, 1.165) is 30.0 Å². The van der Waals surface area contributed by atoms with Crippen molar-refractivity contribution < 1.29 is 4.79 Å². The van der Waals surface area contributed by atoms with Gasteiger partial charge in [-0.05, 0) is 42.4 Å². The SMILES string of the molecule is CC(=O)C[C@@H](C)c1ccc(N(CC(C)C)CC(C)C)c(N)c1. The second kappa shape index (κ2) is 8.21. The molecule has 0 aromatic heterocycles. The largest absolute Gasteiger partial charge is 0.397 e. The minimum Gasteiger partial charge on any atom is -0.397 e. The molecule has 0 spiro atoms. The van der Waals surface area contributed by atoms with Gasteiger partial charge >= 0.3 is 0 Å². The van der Waals surface area contributed by atoms with Crippen LogP contribution in [-0.4, -0.2) is 18.9 Å². The summed E-state index contributed by atoms with van der Waals surface area (Å²) in [4.78, 5) is 13.7. The molecule has 1 aromatic rings. The van der Waals surface area contributed by atoms with Gasteiger partial charge in [0.25, 0.3) is 0 Å². The van der Waals surface area contributed by atoms with Gasteiger partial charge in [-0.1, -0.05) is 40.7 Å². The Morgan fingerprint density at radius 1 is 1.09 bits per heavy atom. The molecule has 2 N–H and O–H groups in total. The highest BCUT2D eigenvalue weighted by atomic mass is 16.1. The lowest BCUT2D eigenvalue weighted by Gasteiger charge is -2.30. The van der Waals surface area contributed by atoms with Gasteiger partial charge in [-0.3, -0.25) is 0 Å². The zero-order valence-corrected chi connectivity index (χ0v) is 15.0. The number of nitrogens with two attached hydrogens (primary N) is 1. The third kappa shape index (κ3) is 5.70. The molecule has 3 nitrogen and oxygen atoms in total. The number of Topliss-reactive ketones (excluding diaryl/α,β-unsaturated/α-hetero) is 1. The summed E-state index contributed by atoms with van der Waals surface area (Å²) in [6.07, 6.45) is 0.570. The molecule has 0 aliphatic heterocycles. The van der Waals surface area contributed by atoms with Gasteiger partial charge in [-0.25, -0.2) is 0 Å². The molecule has 0 saturated heterocycles. The Bertz CT molecular complexity index is 484. The Labute approximate surface area is 135 Å². The van der Waals surface area contributed by atoms with Crippen molar-refractivity contribution in [3.05, 3.63) is 23.8 Å². The Kier molecular flexibility index (Phi) is 6.92. The zero-order chi connectivity index (χ0) is 16.9. The number of benzene rings is 1. The van der Waals surface area contributed by atoms with Crippen LogP contribution in [0.15, 0.2) is 18.2 Å². The molecule has 0 fully saturated rings. The topological polar surface area (TPSA) is 46.3 Å². The fourth-order valence-electron chi connectivity index (χ4n) is 2.87. The molecule has 1 rings (SSSR count). The molecule has 0 radical (unpaired) electrons. The van der Waals surface area contributed by atoms with E-state index >= 15 is 0 Å². The highest BCUT2D eigenvalue weighted by Gasteiger charge is 2.15. The first kappa shape index (κ1) is 18.5. The summed E-state index contributed by atoms with van der Waals surface area (Å²) < 4.78 is 0. The second-order valence-corrected chi connectivity index (χ2v) is 7.32. The van der Waals surface area contributed by atoms with E-state index in [1.54, 1.807) is 6.92 Å². The number of rotatable bonds is 8. The van der Waals surface area contributed by atoms with E-state index in [4.69, 9.17) is 5.73 Å². The van der Waals surface area contributed by atoms with Gasteiger partial charge in [0.1, 0.15) is 5.78 Å². The van der Waals surface area contributed by atoms with Crippen LogP contribution in [0.3, 0.4) is 0 Å². The van der Waals surface area contributed by atoms with Gasteiger partial charge < -0.3 is 15.4 Å². The second-order valence-electron chi connectivity index (χ2n) is 7.32. The zero-order valence-electron chi connectivity index (χ0n) is 15.0. The predicted octanol–water partition coefficient (Wildman–Crippen LogP) is 4.47. The number of carbonyl (C=O) groups is 1.